The van der Waals surface area contributed by atoms with Gasteiger partial charge in [-0.3, -0.25) is 14.9 Å². The number of aliphatic hydroxyl groups is 2. The number of carbonyl (C=O) groups excluding carboxylic acids is 3. The molecule has 2 aliphatic rings. The van der Waals surface area contributed by atoms with Crippen LogP contribution in [0.25, 0.3) is 0 Å². The Hall–Kier alpha value is -3.73. The van der Waals surface area contributed by atoms with Crippen LogP contribution in [0.1, 0.15) is 55.5 Å². The molecule has 0 radical (unpaired) electrons. The van der Waals surface area contributed by atoms with Gasteiger partial charge in [0.1, 0.15) is 23.7 Å². The van der Waals surface area contributed by atoms with Crippen molar-refractivity contribution in [2.75, 3.05) is 11.9 Å². The largest absolute Gasteiger partial charge is 0.507 e. The highest BCUT2D eigenvalue weighted by Gasteiger charge is 2.45. The molecule has 1 unspecified atom stereocenters. The molecular weight excluding hydrogens is 462 g/mol. The number of ketones is 2. The van der Waals surface area contributed by atoms with Crippen molar-refractivity contribution in [1.29, 1.82) is 0 Å². The fraction of sp³-hybridized carbons (Fsp3) is 0.208. The summed E-state index contributed by atoms with van der Waals surface area (Å²) in [6.07, 6.45) is -2.98. The van der Waals surface area contributed by atoms with Gasteiger partial charge in [0.05, 0.1) is 22.9 Å². The number of carbonyl (C=O) groups is 3. The van der Waals surface area contributed by atoms with E-state index >= 15 is 0 Å². The molecule has 10 heteroatoms. The number of amides is 1. The average molecular weight is 481 g/mol. The Kier molecular flexibility index (Phi) is 5.16. The summed E-state index contributed by atoms with van der Waals surface area (Å²) in [4.78, 5) is 38.2. The lowest BCUT2D eigenvalue weighted by atomic mass is 9.73. The van der Waals surface area contributed by atoms with Crippen LogP contribution in [0.5, 0.6) is 11.5 Å². The van der Waals surface area contributed by atoms with Crippen LogP contribution in [0.3, 0.4) is 0 Å². The molecule has 1 aromatic heterocycles. The van der Waals surface area contributed by atoms with Crippen molar-refractivity contribution >= 4 is 34.7 Å². The number of benzene rings is 2. The monoisotopic (exact) mass is 481 g/mol. The van der Waals surface area contributed by atoms with E-state index < -0.39 is 47.5 Å². The first-order chi connectivity index (χ1) is 16.2. The molecule has 5 N–H and O–H groups in total. The molecule has 34 heavy (non-hydrogen) atoms. The molecular formula is C24H19NO8S. The van der Waals surface area contributed by atoms with E-state index in [0.29, 0.717) is 5.69 Å². The number of aliphatic hydroxyl groups excluding tert-OH is 1. The van der Waals surface area contributed by atoms with Crippen LogP contribution in [-0.4, -0.2) is 50.3 Å². The maximum Gasteiger partial charge on any atom is 0.411 e. The summed E-state index contributed by atoms with van der Waals surface area (Å²) >= 11 is 1.37. The summed E-state index contributed by atoms with van der Waals surface area (Å²) < 4.78 is 5.12. The summed E-state index contributed by atoms with van der Waals surface area (Å²) in [5, 5.41) is 49.6. The van der Waals surface area contributed by atoms with Gasteiger partial charge in [-0.05, 0) is 11.4 Å². The van der Waals surface area contributed by atoms with E-state index in [1.807, 2.05) is 0 Å². The van der Waals surface area contributed by atoms with Crippen molar-refractivity contribution in [2.24, 2.45) is 0 Å². The second-order valence-corrected chi connectivity index (χ2v) is 9.16. The Morgan fingerprint density at radius 2 is 1.74 bits per heavy atom. The summed E-state index contributed by atoms with van der Waals surface area (Å²) in [5.41, 5.74) is -2.09. The Bertz CT molecular complexity index is 1350. The van der Waals surface area contributed by atoms with Crippen molar-refractivity contribution < 1.29 is 39.5 Å². The number of phenols is 2. The molecule has 174 valence electrons. The lowest BCUT2D eigenvalue weighted by Crippen LogP contribution is -2.43. The number of hydrogen-bond acceptors (Lipinski definition) is 9. The average Bonchev–Trinajstić information content (AvgIpc) is 3.31. The second-order valence-electron chi connectivity index (χ2n) is 8.38. The molecule has 9 nitrogen and oxygen atoms in total. The number of rotatable bonds is 3. The molecule has 0 saturated heterocycles. The quantitative estimate of drug-likeness (QED) is 0.280. The maximum atomic E-state index is 13.1. The first-order valence-electron chi connectivity index (χ1n) is 10.4. The summed E-state index contributed by atoms with van der Waals surface area (Å²) in [7, 11) is 0. The lowest BCUT2D eigenvalue weighted by molar-refractivity contribution is -0.0613. The Morgan fingerprint density at radius 3 is 2.35 bits per heavy atom. The van der Waals surface area contributed by atoms with Gasteiger partial charge in [0, 0.05) is 40.5 Å². The van der Waals surface area contributed by atoms with E-state index in [9.17, 15) is 34.8 Å². The minimum atomic E-state index is -1.80. The van der Waals surface area contributed by atoms with Gasteiger partial charge in [-0.15, -0.1) is 0 Å². The van der Waals surface area contributed by atoms with Gasteiger partial charge in [-0.1, -0.05) is 24.3 Å². The molecule has 0 aliphatic heterocycles. The van der Waals surface area contributed by atoms with Crippen molar-refractivity contribution in [3.63, 3.8) is 0 Å². The minimum absolute atomic E-state index is 0.0784. The maximum absolute atomic E-state index is 13.1. The lowest BCUT2D eigenvalue weighted by Gasteiger charge is -2.37. The first-order valence-corrected chi connectivity index (χ1v) is 11.3. The summed E-state index contributed by atoms with van der Waals surface area (Å²) in [6.45, 7) is -0.521. The molecule has 0 saturated carbocycles. The van der Waals surface area contributed by atoms with E-state index in [0.717, 1.165) is 0 Å². The van der Waals surface area contributed by atoms with E-state index in [4.69, 9.17) is 4.74 Å². The number of aromatic hydroxyl groups is 2. The number of phenolic OH excluding ortho intramolecular Hbond substituents is 2. The fourth-order valence-corrected chi connectivity index (χ4v) is 5.17. The molecule has 5 rings (SSSR count). The van der Waals surface area contributed by atoms with E-state index in [2.05, 4.69) is 5.32 Å². The predicted octanol–water partition coefficient (Wildman–Crippen LogP) is 2.89. The van der Waals surface area contributed by atoms with Gasteiger partial charge < -0.3 is 25.2 Å². The number of ether oxygens (including phenoxy) is 1. The zero-order chi connectivity index (χ0) is 24.2. The Morgan fingerprint density at radius 1 is 1.09 bits per heavy atom. The van der Waals surface area contributed by atoms with Gasteiger partial charge in [0.2, 0.25) is 0 Å². The number of nitrogens with one attached hydrogen (secondary N) is 1. The van der Waals surface area contributed by atoms with Crippen LogP contribution in [0.15, 0.2) is 41.1 Å². The smallest absolute Gasteiger partial charge is 0.411 e. The molecule has 2 atom stereocenters. The Balaban J connectivity index is 1.49. The van der Waals surface area contributed by atoms with Crippen LogP contribution in [0.4, 0.5) is 10.5 Å². The molecule has 1 heterocycles. The third-order valence-electron chi connectivity index (χ3n) is 6.11. The van der Waals surface area contributed by atoms with Gasteiger partial charge in [0.25, 0.3) is 0 Å². The fourth-order valence-electron chi connectivity index (χ4n) is 4.58. The van der Waals surface area contributed by atoms with Crippen molar-refractivity contribution in [1.82, 2.24) is 0 Å². The van der Waals surface area contributed by atoms with Crippen LogP contribution in [0.2, 0.25) is 0 Å². The normalized spacial score (nSPS) is 20.8. The highest BCUT2D eigenvalue weighted by molar-refractivity contribution is 7.08. The number of anilines is 1. The van der Waals surface area contributed by atoms with Crippen molar-refractivity contribution in [3.8, 4) is 11.5 Å². The number of fused-ring (bicyclic) bond motifs is 3. The van der Waals surface area contributed by atoms with Crippen LogP contribution < -0.4 is 5.32 Å². The standard InChI is InChI=1S/C24H19NO8S/c26-15-8-24(32,10-33-23(31)25-11-5-6-34-9-11)7-14-16(15)22(30)18-17(21(14)29)19(27)12-3-1-2-4-13(12)20(18)28/h1-6,9,15,26,29-30,32H,7-8,10H2,(H,25,31)/t15-,24?/m0/s1. The molecule has 0 spiro atoms. The molecule has 2 aliphatic carbocycles. The highest BCUT2D eigenvalue weighted by Crippen LogP contribution is 2.50. The van der Waals surface area contributed by atoms with Gasteiger partial charge in [-0.2, -0.15) is 11.3 Å². The Labute approximate surface area is 196 Å². The van der Waals surface area contributed by atoms with E-state index in [1.165, 1.54) is 23.5 Å². The zero-order valence-corrected chi connectivity index (χ0v) is 18.4. The molecule has 2 aromatic carbocycles. The highest BCUT2D eigenvalue weighted by atomic mass is 32.1. The van der Waals surface area contributed by atoms with E-state index in [-0.39, 0.29) is 46.2 Å². The summed E-state index contributed by atoms with van der Waals surface area (Å²) in [5.74, 6) is -2.52. The number of thiophene rings is 1. The molecule has 1 amide bonds. The molecule has 0 bridgehead atoms. The van der Waals surface area contributed by atoms with Crippen LogP contribution in [-0.2, 0) is 11.2 Å². The van der Waals surface area contributed by atoms with Gasteiger partial charge in [0.15, 0.2) is 11.6 Å². The third kappa shape index (κ3) is 3.43. The minimum Gasteiger partial charge on any atom is -0.507 e. The second kappa shape index (κ2) is 7.94. The van der Waals surface area contributed by atoms with Crippen molar-refractivity contribution in [2.45, 2.75) is 24.5 Å². The van der Waals surface area contributed by atoms with E-state index in [1.54, 1.807) is 29.0 Å². The predicted molar refractivity (Wildman–Crippen MR) is 121 cm³/mol. The summed E-state index contributed by atoms with van der Waals surface area (Å²) in [6, 6.07) is 7.71. The van der Waals surface area contributed by atoms with Crippen molar-refractivity contribution in [3.05, 3.63) is 74.5 Å². The third-order valence-corrected chi connectivity index (χ3v) is 6.80. The molecule has 3 aromatic rings. The number of hydrogen-bond donors (Lipinski definition) is 5. The molecule has 0 fully saturated rings. The van der Waals surface area contributed by atoms with Crippen LogP contribution in [0, 0.1) is 0 Å². The van der Waals surface area contributed by atoms with Gasteiger partial charge in [-0.25, -0.2) is 4.79 Å². The SMILES string of the molecule is O=C(Nc1ccsc1)OCC1(O)Cc2c(O)c3c(c(O)c2[C@@H](O)C1)C(=O)c1ccccc1C3=O. The topological polar surface area (TPSA) is 153 Å². The van der Waals surface area contributed by atoms with Crippen LogP contribution >= 0.6 is 11.3 Å². The van der Waals surface area contributed by atoms with Gasteiger partial charge >= 0.3 is 6.09 Å². The first kappa shape index (κ1) is 22.1. The zero-order valence-electron chi connectivity index (χ0n) is 17.6.